The van der Waals surface area contributed by atoms with Crippen molar-refractivity contribution in [2.45, 2.75) is 76.3 Å². The van der Waals surface area contributed by atoms with Crippen LogP contribution in [-0.4, -0.2) is 60.1 Å². The molecular formula is C20H35N3O3. The molecule has 3 fully saturated rings. The number of rotatable bonds is 6. The summed E-state index contributed by atoms with van der Waals surface area (Å²) in [6.07, 6.45) is 9.62. The third-order valence-corrected chi connectivity index (χ3v) is 6.69. The molecule has 0 radical (unpaired) electrons. The van der Waals surface area contributed by atoms with Crippen molar-refractivity contribution < 1.29 is 14.7 Å². The van der Waals surface area contributed by atoms with Gasteiger partial charge in [-0.1, -0.05) is 0 Å². The molecule has 0 aromatic heterocycles. The van der Waals surface area contributed by atoms with Crippen molar-refractivity contribution in [3.8, 4) is 0 Å². The number of aliphatic carboxylic acids is 1. The summed E-state index contributed by atoms with van der Waals surface area (Å²) in [6, 6.07) is 1.01. The van der Waals surface area contributed by atoms with Crippen LogP contribution in [-0.2, 0) is 9.59 Å². The van der Waals surface area contributed by atoms with Crippen molar-refractivity contribution in [2.24, 2.45) is 11.8 Å². The molecule has 0 spiro atoms. The van der Waals surface area contributed by atoms with Crippen molar-refractivity contribution in [1.29, 1.82) is 0 Å². The van der Waals surface area contributed by atoms with Gasteiger partial charge in [-0.05, 0) is 89.9 Å². The van der Waals surface area contributed by atoms with Gasteiger partial charge >= 0.3 is 5.97 Å². The van der Waals surface area contributed by atoms with Gasteiger partial charge in [-0.25, -0.2) is 0 Å². The maximum Gasteiger partial charge on any atom is 0.303 e. The molecule has 148 valence electrons. The summed E-state index contributed by atoms with van der Waals surface area (Å²) in [7, 11) is 0. The number of hydrogen-bond acceptors (Lipinski definition) is 4. The molecule has 3 aliphatic rings. The van der Waals surface area contributed by atoms with Gasteiger partial charge in [-0.3, -0.25) is 9.59 Å². The summed E-state index contributed by atoms with van der Waals surface area (Å²) >= 11 is 0. The van der Waals surface area contributed by atoms with Gasteiger partial charge in [0, 0.05) is 24.4 Å². The molecule has 0 atom stereocenters. The van der Waals surface area contributed by atoms with E-state index in [9.17, 15) is 9.59 Å². The lowest BCUT2D eigenvalue weighted by molar-refractivity contribution is -0.137. The summed E-state index contributed by atoms with van der Waals surface area (Å²) in [5, 5.41) is 15.5. The van der Waals surface area contributed by atoms with Crippen LogP contribution in [0.2, 0.25) is 0 Å². The van der Waals surface area contributed by atoms with Crippen LogP contribution in [0.3, 0.4) is 0 Å². The van der Waals surface area contributed by atoms with Gasteiger partial charge in [-0.2, -0.15) is 0 Å². The van der Waals surface area contributed by atoms with Crippen molar-refractivity contribution in [3.63, 3.8) is 0 Å². The summed E-state index contributed by atoms with van der Waals surface area (Å²) in [4.78, 5) is 25.9. The first-order chi connectivity index (χ1) is 12.6. The zero-order valence-electron chi connectivity index (χ0n) is 15.9. The van der Waals surface area contributed by atoms with Gasteiger partial charge < -0.3 is 20.6 Å². The third kappa shape index (κ3) is 5.68. The number of carbonyl (C=O) groups is 2. The van der Waals surface area contributed by atoms with Crippen molar-refractivity contribution in [3.05, 3.63) is 0 Å². The van der Waals surface area contributed by atoms with E-state index >= 15 is 0 Å². The molecular weight excluding hydrogens is 330 g/mol. The van der Waals surface area contributed by atoms with E-state index in [1.54, 1.807) is 0 Å². The average Bonchev–Trinajstić information content (AvgIpc) is 2.68. The van der Waals surface area contributed by atoms with Gasteiger partial charge in [-0.15, -0.1) is 0 Å². The Labute approximate surface area is 157 Å². The highest BCUT2D eigenvalue weighted by atomic mass is 16.4. The van der Waals surface area contributed by atoms with E-state index in [0.29, 0.717) is 18.0 Å². The number of nitrogens with one attached hydrogen (secondary N) is 2. The Morgan fingerprint density at radius 2 is 1.62 bits per heavy atom. The summed E-state index contributed by atoms with van der Waals surface area (Å²) in [5.41, 5.74) is 0. The molecule has 2 saturated heterocycles. The summed E-state index contributed by atoms with van der Waals surface area (Å²) in [6.45, 7) is 4.37. The van der Waals surface area contributed by atoms with Crippen LogP contribution < -0.4 is 10.6 Å². The van der Waals surface area contributed by atoms with Gasteiger partial charge in [0.1, 0.15) is 0 Å². The Morgan fingerprint density at radius 1 is 0.962 bits per heavy atom. The first kappa shape index (κ1) is 19.6. The lowest BCUT2D eigenvalue weighted by atomic mass is 9.83. The molecule has 0 unspecified atom stereocenters. The van der Waals surface area contributed by atoms with E-state index in [4.69, 9.17) is 5.11 Å². The molecule has 2 heterocycles. The molecule has 6 heteroatoms. The summed E-state index contributed by atoms with van der Waals surface area (Å²) in [5.74, 6) is 0.255. The lowest BCUT2D eigenvalue weighted by Crippen LogP contribution is -2.49. The second kappa shape index (κ2) is 9.70. The van der Waals surface area contributed by atoms with E-state index in [1.807, 2.05) is 0 Å². The third-order valence-electron chi connectivity index (χ3n) is 6.69. The van der Waals surface area contributed by atoms with Crippen molar-refractivity contribution in [1.82, 2.24) is 15.5 Å². The standard InChI is InChI=1S/C20H35N3O3/c24-19(25)6-3-15-1-4-17(5-2-15)22-20(26)16-9-13-23(14-10-16)18-7-11-21-12-8-18/h15-18,21H,1-14H2,(H,22,26)(H,24,25). The number of carboxylic acids is 1. The van der Waals surface area contributed by atoms with Crippen molar-refractivity contribution in [2.75, 3.05) is 26.2 Å². The van der Waals surface area contributed by atoms with Crippen LogP contribution in [0.5, 0.6) is 0 Å². The van der Waals surface area contributed by atoms with Crippen LogP contribution in [0.25, 0.3) is 0 Å². The molecule has 2 aliphatic heterocycles. The van der Waals surface area contributed by atoms with Crippen molar-refractivity contribution >= 4 is 11.9 Å². The smallest absolute Gasteiger partial charge is 0.303 e. The zero-order chi connectivity index (χ0) is 18.4. The Balaban J connectivity index is 1.34. The highest BCUT2D eigenvalue weighted by Gasteiger charge is 2.31. The minimum Gasteiger partial charge on any atom is -0.481 e. The molecule has 0 bridgehead atoms. The number of nitrogens with zero attached hydrogens (tertiary/aromatic N) is 1. The first-order valence-electron chi connectivity index (χ1n) is 10.6. The Kier molecular flexibility index (Phi) is 7.32. The zero-order valence-corrected chi connectivity index (χ0v) is 15.9. The molecule has 3 rings (SSSR count). The van der Waals surface area contributed by atoms with Crippen LogP contribution in [0.15, 0.2) is 0 Å². The Morgan fingerprint density at radius 3 is 2.23 bits per heavy atom. The van der Waals surface area contributed by atoms with Gasteiger partial charge in [0.25, 0.3) is 0 Å². The predicted molar refractivity (Wildman–Crippen MR) is 101 cm³/mol. The second-order valence-electron chi connectivity index (χ2n) is 8.45. The molecule has 1 aliphatic carbocycles. The molecule has 1 amide bonds. The van der Waals surface area contributed by atoms with E-state index in [1.165, 1.54) is 12.8 Å². The average molecular weight is 366 g/mol. The number of piperidine rings is 2. The molecule has 3 N–H and O–H groups in total. The Bertz CT molecular complexity index is 463. The fraction of sp³-hybridized carbons (Fsp3) is 0.900. The van der Waals surface area contributed by atoms with E-state index in [2.05, 4.69) is 15.5 Å². The number of carbonyl (C=O) groups excluding carboxylic acids is 1. The highest BCUT2D eigenvalue weighted by molar-refractivity contribution is 5.79. The fourth-order valence-corrected chi connectivity index (χ4v) is 4.94. The van der Waals surface area contributed by atoms with E-state index in [-0.39, 0.29) is 18.2 Å². The fourth-order valence-electron chi connectivity index (χ4n) is 4.94. The topological polar surface area (TPSA) is 81.7 Å². The summed E-state index contributed by atoms with van der Waals surface area (Å²) < 4.78 is 0. The SMILES string of the molecule is O=C(O)CCC1CCC(NC(=O)C2CCN(C3CCNCC3)CC2)CC1. The molecule has 26 heavy (non-hydrogen) atoms. The quantitative estimate of drug-likeness (QED) is 0.671. The normalized spacial score (nSPS) is 29.4. The van der Waals surface area contributed by atoms with Crippen LogP contribution in [0, 0.1) is 11.8 Å². The number of amides is 1. The monoisotopic (exact) mass is 365 g/mol. The lowest BCUT2D eigenvalue weighted by Gasteiger charge is -2.39. The second-order valence-corrected chi connectivity index (χ2v) is 8.45. The molecule has 6 nitrogen and oxygen atoms in total. The molecule has 0 aromatic rings. The van der Waals surface area contributed by atoms with Crippen LogP contribution in [0.4, 0.5) is 0 Å². The van der Waals surface area contributed by atoms with E-state index in [0.717, 1.165) is 71.1 Å². The predicted octanol–water partition coefficient (Wildman–Crippen LogP) is 1.99. The van der Waals surface area contributed by atoms with Gasteiger partial charge in [0.2, 0.25) is 5.91 Å². The van der Waals surface area contributed by atoms with Gasteiger partial charge in [0.15, 0.2) is 0 Å². The van der Waals surface area contributed by atoms with Gasteiger partial charge in [0.05, 0.1) is 0 Å². The molecule has 1 saturated carbocycles. The first-order valence-corrected chi connectivity index (χ1v) is 10.6. The number of hydrogen-bond donors (Lipinski definition) is 3. The minimum absolute atomic E-state index is 0.178. The minimum atomic E-state index is -0.698. The largest absolute Gasteiger partial charge is 0.481 e. The van der Waals surface area contributed by atoms with E-state index < -0.39 is 5.97 Å². The maximum absolute atomic E-state index is 12.6. The van der Waals surface area contributed by atoms with Crippen LogP contribution in [0.1, 0.15) is 64.2 Å². The Hall–Kier alpha value is -1.14. The maximum atomic E-state index is 12.6. The number of likely N-dealkylation sites (tertiary alicyclic amines) is 1. The number of carboxylic acid groups (broad SMARTS) is 1. The molecule has 0 aromatic carbocycles. The highest BCUT2D eigenvalue weighted by Crippen LogP contribution is 2.29. The van der Waals surface area contributed by atoms with Crippen LogP contribution >= 0.6 is 0 Å².